The number of allylic oxidation sites excluding steroid dienone is 3. The van der Waals surface area contributed by atoms with E-state index < -0.39 is 0 Å². The highest BCUT2D eigenvalue weighted by Gasteiger charge is 2.07. The highest BCUT2D eigenvalue weighted by molar-refractivity contribution is 7.73. The van der Waals surface area contributed by atoms with Crippen LogP contribution in [0.15, 0.2) is 66.5 Å². The summed E-state index contributed by atoms with van der Waals surface area (Å²) < 4.78 is 17.2. The van der Waals surface area contributed by atoms with Crippen molar-refractivity contribution in [2.45, 2.75) is 20.8 Å². The molecular weight excluding hydrogens is 472 g/mol. The number of methoxy groups -OCH3 is 1. The van der Waals surface area contributed by atoms with E-state index in [1.807, 2.05) is 39.0 Å². The Labute approximate surface area is 209 Å². The minimum absolute atomic E-state index is 0.127. The smallest absolute Gasteiger partial charge is 0.254 e. The van der Waals surface area contributed by atoms with E-state index in [9.17, 15) is 4.79 Å². The van der Waals surface area contributed by atoms with Crippen LogP contribution >= 0.6 is 23.6 Å². The number of anilines is 1. The van der Waals surface area contributed by atoms with Crippen molar-refractivity contribution in [2.75, 3.05) is 32.2 Å². The highest BCUT2D eigenvalue weighted by Crippen LogP contribution is 2.27. The van der Waals surface area contributed by atoms with E-state index in [2.05, 4.69) is 35.3 Å². The van der Waals surface area contributed by atoms with E-state index in [4.69, 9.17) is 32.2 Å². The number of carbonyl (C=O) groups excluding carboxylic acids is 1. The second kappa shape index (κ2) is 14.8. The van der Waals surface area contributed by atoms with Crippen LogP contribution in [0.1, 0.15) is 19.4 Å². The van der Waals surface area contributed by atoms with E-state index in [1.54, 1.807) is 13.2 Å². The Balaban J connectivity index is 0.000000380. The molecule has 8 nitrogen and oxygen atoms in total. The molecule has 2 rings (SSSR count). The van der Waals surface area contributed by atoms with Crippen LogP contribution in [0.2, 0.25) is 0 Å². The van der Waals surface area contributed by atoms with Crippen LogP contribution in [0, 0.1) is 10.9 Å². The van der Waals surface area contributed by atoms with Gasteiger partial charge in [0, 0.05) is 12.1 Å². The molecule has 0 spiro atoms. The van der Waals surface area contributed by atoms with E-state index >= 15 is 0 Å². The Morgan fingerprint density at radius 3 is 2.53 bits per heavy atom. The van der Waals surface area contributed by atoms with E-state index in [0.29, 0.717) is 33.6 Å². The third-order valence-electron chi connectivity index (χ3n) is 4.18. The average molecular weight is 505 g/mol. The summed E-state index contributed by atoms with van der Waals surface area (Å²) in [7, 11) is 1.63. The van der Waals surface area contributed by atoms with Crippen molar-refractivity contribution in [1.29, 1.82) is 0 Å². The Kier molecular flexibility index (Phi) is 12.6. The molecule has 1 amide bonds. The Morgan fingerprint density at radius 1 is 1.29 bits per heavy atom. The maximum absolute atomic E-state index is 11.2. The summed E-state index contributed by atoms with van der Waals surface area (Å²) in [6.07, 6.45) is 1.76. The lowest BCUT2D eigenvalue weighted by atomic mass is 10.2. The first-order chi connectivity index (χ1) is 16.1. The number of nitrogens with zero attached hydrogens (tertiary/aromatic N) is 1. The number of carbonyl (C=O) groups is 1. The average Bonchev–Trinajstić information content (AvgIpc) is 3.23. The first-order valence-corrected chi connectivity index (χ1v) is 11.5. The lowest BCUT2D eigenvalue weighted by Gasteiger charge is -2.14. The zero-order valence-corrected chi connectivity index (χ0v) is 21.7. The van der Waals surface area contributed by atoms with Gasteiger partial charge in [0.1, 0.15) is 19.0 Å². The molecule has 0 fully saturated rings. The van der Waals surface area contributed by atoms with Crippen LogP contribution in [0.25, 0.3) is 0 Å². The summed E-state index contributed by atoms with van der Waals surface area (Å²) >= 11 is 5.96. The zero-order valence-electron chi connectivity index (χ0n) is 20.0. The van der Waals surface area contributed by atoms with Gasteiger partial charge in [-0.25, -0.2) is 0 Å². The predicted octanol–water partition coefficient (Wildman–Crippen LogP) is 5.09. The fourth-order valence-corrected chi connectivity index (χ4v) is 3.20. The van der Waals surface area contributed by atoms with Gasteiger partial charge in [-0.05, 0) is 61.8 Å². The molecule has 1 heterocycles. The number of benzene rings is 1. The van der Waals surface area contributed by atoms with E-state index in [1.165, 1.54) is 11.3 Å². The number of aryl methyl sites for hydroxylation is 1. The fraction of sp³-hybridized carbons (Fsp3) is 0.292. The summed E-state index contributed by atoms with van der Waals surface area (Å²) in [5, 5.41) is 9.21. The van der Waals surface area contributed by atoms with Crippen molar-refractivity contribution in [2.24, 2.45) is 5.73 Å². The molecular formula is C24H32N4O4S2. The molecule has 0 atom stereocenters. The van der Waals surface area contributed by atoms with Crippen molar-refractivity contribution in [3.8, 4) is 11.5 Å². The summed E-state index contributed by atoms with van der Waals surface area (Å²) in [4.78, 5) is 11.2. The molecule has 0 unspecified atom stereocenters. The van der Waals surface area contributed by atoms with Crippen LogP contribution in [-0.4, -0.2) is 43.0 Å². The largest absolute Gasteiger partial charge is 0.493 e. The Morgan fingerprint density at radius 2 is 2.00 bits per heavy atom. The Hall–Kier alpha value is -3.21. The molecule has 0 aliphatic carbocycles. The number of hydrogen-bond acceptors (Lipinski definition) is 8. The topological polar surface area (TPSA) is 111 Å². The maximum atomic E-state index is 11.2. The van der Waals surface area contributed by atoms with Gasteiger partial charge in [-0.15, -0.1) is 5.10 Å². The molecule has 1 aromatic heterocycles. The Bertz CT molecular complexity index is 1100. The molecule has 0 radical (unpaired) electrons. The molecule has 184 valence electrons. The van der Waals surface area contributed by atoms with Crippen molar-refractivity contribution in [3.05, 3.63) is 76.0 Å². The predicted molar refractivity (Wildman–Crippen MR) is 141 cm³/mol. The SMILES string of the molecule is C=C(CN)C(=O)Nc1n[nH]c(=S)s1.C=C/C(C)=C(/OCCOc1ccc(C)cc1OC)C(=C)C. The molecule has 0 saturated heterocycles. The third kappa shape index (κ3) is 9.74. The molecule has 4 N–H and O–H groups in total. The first-order valence-electron chi connectivity index (χ1n) is 10.3. The van der Waals surface area contributed by atoms with Gasteiger partial charge in [0.25, 0.3) is 5.91 Å². The highest BCUT2D eigenvalue weighted by atomic mass is 32.1. The number of nitrogens with two attached hydrogens (primary N) is 1. The lowest BCUT2D eigenvalue weighted by molar-refractivity contribution is -0.112. The summed E-state index contributed by atoms with van der Waals surface area (Å²) in [5.74, 6) is 1.88. The van der Waals surface area contributed by atoms with Crippen molar-refractivity contribution in [1.82, 2.24) is 10.2 Å². The first kappa shape index (κ1) is 28.8. The quantitative estimate of drug-likeness (QED) is 0.128. The van der Waals surface area contributed by atoms with Gasteiger partial charge in [-0.1, -0.05) is 43.2 Å². The number of aromatic amines is 1. The molecule has 1 aromatic carbocycles. The minimum atomic E-state index is -0.333. The van der Waals surface area contributed by atoms with E-state index in [-0.39, 0.29) is 12.5 Å². The molecule has 0 aliphatic heterocycles. The van der Waals surface area contributed by atoms with Gasteiger partial charge in [-0.2, -0.15) is 0 Å². The standard InChI is InChI=1S/C18H24O3.C6H8N4OS2/c1-7-15(5)18(13(2)3)21-11-10-20-16-9-8-14(4)12-17(16)19-6;1-3(2-7)4(11)8-5-9-10-6(12)13-5/h7-9,12H,1-2,10-11H2,3-6H3;1-2,7H2,(H,10,12)(H,8,9,11)/b18-15+;. The van der Waals surface area contributed by atoms with Crippen molar-refractivity contribution in [3.63, 3.8) is 0 Å². The second-order valence-electron chi connectivity index (χ2n) is 7.03. The number of rotatable bonds is 11. The molecule has 0 saturated carbocycles. The molecule has 0 bridgehead atoms. The van der Waals surface area contributed by atoms with Crippen molar-refractivity contribution >= 4 is 34.6 Å². The number of nitrogens with one attached hydrogen (secondary N) is 2. The fourth-order valence-electron chi connectivity index (χ4n) is 2.42. The minimum Gasteiger partial charge on any atom is -0.493 e. The molecule has 0 aliphatic rings. The monoisotopic (exact) mass is 504 g/mol. The van der Waals surface area contributed by atoms with Gasteiger partial charge in [0.2, 0.25) is 5.13 Å². The van der Waals surface area contributed by atoms with E-state index in [0.717, 1.165) is 28.2 Å². The van der Waals surface area contributed by atoms with Crippen LogP contribution in [0.4, 0.5) is 5.13 Å². The van der Waals surface area contributed by atoms with Crippen LogP contribution < -0.4 is 20.5 Å². The number of hydrogen-bond donors (Lipinski definition) is 3. The molecule has 10 heteroatoms. The number of aromatic nitrogens is 2. The van der Waals surface area contributed by atoms with Crippen LogP contribution in [0.3, 0.4) is 0 Å². The van der Waals surface area contributed by atoms with Gasteiger partial charge < -0.3 is 19.9 Å². The van der Waals surface area contributed by atoms with Crippen LogP contribution in [-0.2, 0) is 9.53 Å². The summed E-state index contributed by atoms with van der Waals surface area (Å²) in [6.45, 7) is 18.0. The van der Waals surface area contributed by atoms with Crippen molar-refractivity contribution < 1.29 is 19.0 Å². The second-order valence-corrected chi connectivity index (χ2v) is 8.69. The van der Waals surface area contributed by atoms with Gasteiger partial charge in [0.15, 0.2) is 15.5 Å². The molecule has 34 heavy (non-hydrogen) atoms. The van der Waals surface area contributed by atoms with Gasteiger partial charge in [0.05, 0.1) is 7.11 Å². The molecule has 2 aromatic rings. The lowest BCUT2D eigenvalue weighted by Crippen LogP contribution is -2.19. The zero-order chi connectivity index (χ0) is 25.7. The number of ether oxygens (including phenoxy) is 3. The van der Waals surface area contributed by atoms with Gasteiger partial charge >= 0.3 is 0 Å². The summed E-state index contributed by atoms with van der Waals surface area (Å²) in [6, 6.07) is 5.83. The third-order valence-corrected chi connectivity index (χ3v) is 5.19. The van der Waals surface area contributed by atoms with Gasteiger partial charge in [-0.3, -0.25) is 15.2 Å². The van der Waals surface area contributed by atoms with Crippen LogP contribution in [0.5, 0.6) is 11.5 Å². The number of H-pyrrole nitrogens is 1. The maximum Gasteiger partial charge on any atom is 0.254 e. The number of amides is 1. The normalized spacial score (nSPS) is 10.7. The summed E-state index contributed by atoms with van der Waals surface area (Å²) in [5.41, 5.74) is 8.51.